The smallest absolute Gasteiger partial charge is 0.318 e. The van der Waals surface area contributed by atoms with Crippen molar-refractivity contribution in [1.29, 1.82) is 0 Å². The Morgan fingerprint density at radius 1 is 1.33 bits per heavy atom. The van der Waals surface area contributed by atoms with Crippen LogP contribution in [0.4, 0.5) is 0 Å². The number of carboxylic acids is 1. The number of ether oxygens (including phenoxy) is 1. The fourth-order valence-corrected chi connectivity index (χ4v) is 2.41. The highest BCUT2D eigenvalue weighted by molar-refractivity contribution is 7.92. The lowest BCUT2D eigenvalue weighted by molar-refractivity contribution is -0.134. The van der Waals surface area contributed by atoms with E-state index in [-0.39, 0.29) is 5.75 Å². The van der Waals surface area contributed by atoms with Crippen molar-refractivity contribution in [2.24, 2.45) is 0 Å². The molecule has 1 aliphatic heterocycles. The van der Waals surface area contributed by atoms with Gasteiger partial charge in [0.1, 0.15) is 5.75 Å². The van der Waals surface area contributed by atoms with E-state index in [4.69, 9.17) is 9.84 Å². The molecule has 1 aliphatic rings. The summed E-state index contributed by atoms with van der Waals surface area (Å²) in [5.41, 5.74) is 0. The number of carboxylic acid groups (broad SMARTS) is 1. The summed E-state index contributed by atoms with van der Waals surface area (Å²) >= 11 is 0. The molecule has 1 rings (SSSR count). The molecule has 7 heteroatoms. The summed E-state index contributed by atoms with van der Waals surface area (Å²) in [5.74, 6) is -2.17. The van der Waals surface area contributed by atoms with Crippen LogP contribution < -0.4 is 0 Å². The average Bonchev–Trinajstić information content (AvgIpc) is 2.15. The molecule has 0 radical (unpaired) electrons. The van der Waals surface area contributed by atoms with Crippen LogP contribution in [0.1, 0.15) is 0 Å². The summed E-state index contributed by atoms with van der Waals surface area (Å²) in [7, 11) is -3.46. The van der Waals surface area contributed by atoms with Gasteiger partial charge < -0.3 is 9.84 Å². The largest absolute Gasteiger partial charge is 0.480 e. The van der Waals surface area contributed by atoms with E-state index in [2.05, 4.69) is 0 Å². The lowest BCUT2D eigenvalue weighted by Crippen LogP contribution is -2.39. The maximum absolute atomic E-state index is 11.2. The fourth-order valence-electron chi connectivity index (χ4n) is 1.35. The minimum Gasteiger partial charge on any atom is -0.480 e. The second-order valence-electron chi connectivity index (χ2n) is 3.44. The Kier molecular flexibility index (Phi) is 4.49. The fraction of sp³-hybridized carbons (Fsp3) is 0.875. The minimum atomic E-state index is -3.46. The van der Waals surface area contributed by atoms with E-state index >= 15 is 0 Å². The highest BCUT2D eigenvalue weighted by Crippen LogP contribution is 1.98. The zero-order valence-corrected chi connectivity index (χ0v) is 9.20. The topological polar surface area (TPSA) is 83.9 Å². The zero-order chi connectivity index (χ0) is 11.3. The predicted octanol–water partition coefficient (Wildman–Crippen LogP) is -1.18. The number of rotatable bonds is 5. The molecule has 0 aromatic heterocycles. The highest BCUT2D eigenvalue weighted by atomic mass is 32.2. The lowest BCUT2D eigenvalue weighted by atomic mass is 10.4. The summed E-state index contributed by atoms with van der Waals surface area (Å²) in [6, 6.07) is 0. The molecule has 0 amide bonds. The third kappa shape index (κ3) is 5.10. The predicted molar refractivity (Wildman–Crippen MR) is 53.5 cm³/mol. The number of carbonyl (C=O) groups is 1. The van der Waals surface area contributed by atoms with Crippen LogP contribution in [0.2, 0.25) is 0 Å². The van der Waals surface area contributed by atoms with Crippen LogP contribution in [-0.2, 0) is 19.4 Å². The van der Waals surface area contributed by atoms with Gasteiger partial charge >= 0.3 is 5.97 Å². The first-order valence-electron chi connectivity index (χ1n) is 4.72. The zero-order valence-electron chi connectivity index (χ0n) is 8.39. The van der Waals surface area contributed by atoms with Gasteiger partial charge in [-0.1, -0.05) is 0 Å². The lowest BCUT2D eigenvalue weighted by Gasteiger charge is -2.26. The Hall–Kier alpha value is -0.660. The second kappa shape index (κ2) is 5.43. The van der Waals surface area contributed by atoms with E-state index < -0.39 is 21.6 Å². The average molecular weight is 237 g/mol. The van der Waals surface area contributed by atoms with Crippen LogP contribution in [0.3, 0.4) is 0 Å². The van der Waals surface area contributed by atoms with Crippen molar-refractivity contribution in [3.05, 3.63) is 0 Å². The second-order valence-corrected chi connectivity index (χ2v) is 5.62. The summed E-state index contributed by atoms with van der Waals surface area (Å²) in [6.45, 7) is 3.03. The number of nitrogens with zero attached hydrogens (tertiary/aromatic N) is 1. The number of sulfone groups is 1. The number of aliphatic carboxylic acids is 1. The molecule has 0 unspecified atom stereocenters. The normalized spacial score (nSPS) is 18.9. The van der Waals surface area contributed by atoms with Crippen LogP contribution in [0.25, 0.3) is 0 Å². The SMILES string of the molecule is O=C(O)CS(=O)(=O)CCN1CCOCC1. The Bertz CT molecular complexity index is 307. The van der Waals surface area contributed by atoms with E-state index in [1.54, 1.807) is 0 Å². The molecule has 0 spiro atoms. The molecule has 0 aromatic rings. The molecule has 1 saturated heterocycles. The van der Waals surface area contributed by atoms with E-state index in [1.807, 2.05) is 4.90 Å². The van der Waals surface area contributed by atoms with Gasteiger partial charge in [-0.25, -0.2) is 8.42 Å². The van der Waals surface area contributed by atoms with Gasteiger partial charge in [0.05, 0.1) is 19.0 Å². The van der Waals surface area contributed by atoms with Crippen LogP contribution in [0.15, 0.2) is 0 Å². The molecule has 0 bridgehead atoms. The molecule has 15 heavy (non-hydrogen) atoms. The van der Waals surface area contributed by atoms with Crippen molar-refractivity contribution in [2.45, 2.75) is 0 Å². The van der Waals surface area contributed by atoms with E-state index in [0.29, 0.717) is 32.8 Å². The minimum absolute atomic E-state index is 0.0979. The maximum atomic E-state index is 11.2. The third-order valence-electron chi connectivity index (χ3n) is 2.17. The van der Waals surface area contributed by atoms with Gasteiger partial charge in [-0.05, 0) is 0 Å². The van der Waals surface area contributed by atoms with Gasteiger partial charge in [-0.2, -0.15) is 0 Å². The van der Waals surface area contributed by atoms with Crippen molar-refractivity contribution in [3.8, 4) is 0 Å². The van der Waals surface area contributed by atoms with Gasteiger partial charge in [0.2, 0.25) is 0 Å². The monoisotopic (exact) mass is 237 g/mol. The van der Waals surface area contributed by atoms with E-state index in [0.717, 1.165) is 0 Å². The van der Waals surface area contributed by atoms with Crippen molar-refractivity contribution in [1.82, 2.24) is 4.90 Å². The van der Waals surface area contributed by atoms with Crippen LogP contribution in [0, 0.1) is 0 Å². The first kappa shape index (κ1) is 12.4. The molecule has 0 aromatic carbocycles. The van der Waals surface area contributed by atoms with Crippen LogP contribution in [-0.4, -0.2) is 68.7 Å². The number of hydrogen-bond donors (Lipinski definition) is 1. The molecule has 1 fully saturated rings. The summed E-state index contributed by atoms with van der Waals surface area (Å²) in [6.07, 6.45) is 0. The Labute approximate surface area is 88.7 Å². The number of morpholine rings is 1. The molecule has 0 atom stereocenters. The summed E-state index contributed by atoms with van der Waals surface area (Å²) < 4.78 is 27.6. The third-order valence-corrected chi connectivity index (χ3v) is 3.66. The van der Waals surface area contributed by atoms with E-state index in [9.17, 15) is 13.2 Å². The van der Waals surface area contributed by atoms with Crippen molar-refractivity contribution in [2.75, 3.05) is 44.4 Å². The quantitative estimate of drug-likeness (QED) is 0.648. The van der Waals surface area contributed by atoms with Gasteiger partial charge in [0.25, 0.3) is 0 Å². The molecule has 88 valence electrons. The van der Waals surface area contributed by atoms with Gasteiger partial charge in [0, 0.05) is 19.6 Å². The van der Waals surface area contributed by atoms with E-state index in [1.165, 1.54) is 0 Å². The van der Waals surface area contributed by atoms with Gasteiger partial charge in [-0.3, -0.25) is 9.69 Å². The van der Waals surface area contributed by atoms with Crippen molar-refractivity contribution in [3.63, 3.8) is 0 Å². The molecular weight excluding hydrogens is 222 g/mol. The Morgan fingerprint density at radius 2 is 1.93 bits per heavy atom. The van der Waals surface area contributed by atoms with Gasteiger partial charge in [-0.15, -0.1) is 0 Å². The molecule has 0 saturated carbocycles. The van der Waals surface area contributed by atoms with Crippen LogP contribution >= 0.6 is 0 Å². The maximum Gasteiger partial charge on any atom is 0.318 e. The van der Waals surface area contributed by atoms with Gasteiger partial charge in [0.15, 0.2) is 9.84 Å². The number of hydrogen-bond acceptors (Lipinski definition) is 5. The Balaban J connectivity index is 2.31. The molecule has 1 N–H and O–H groups in total. The summed E-state index contributed by atoms with van der Waals surface area (Å²) in [5, 5.41) is 8.37. The summed E-state index contributed by atoms with van der Waals surface area (Å²) in [4.78, 5) is 12.2. The molecule has 0 aliphatic carbocycles. The standard InChI is InChI=1S/C8H15NO5S/c10-8(11)7-15(12,13)6-3-9-1-4-14-5-2-9/h1-7H2,(H,10,11). The Morgan fingerprint density at radius 3 is 2.47 bits per heavy atom. The van der Waals surface area contributed by atoms with Crippen molar-refractivity contribution < 1.29 is 23.1 Å². The first-order chi connectivity index (χ1) is 6.99. The first-order valence-corrected chi connectivity index (χ1v) is 6.54. The highest BCUT2D eigenvalue weighted by Gasteiger charge is 2.18. The molecular formula is C8H15NO5S. The molecule has 6 nitrogen and oxygen atoms in total. The molecule has 1 heterocycles. The van der Waals surface area contributed by atoms with Crippen molar-refractivity contribution >= 4 is 15.8 Å². The van der Waals surface area contributed by atoms with Crippen LogP contribution in [0.5, 0.6) is 0 Å².